The monoisotopic (exact) mass is 354 g/mol. The summed E-state index contributed by atoms with van der Waals surface area (Å²) in [5, 5.41) is 8.95. The summed E-state index contributed by atoms with van der Waals surface area (Å²) in [5.41, 5.74) is 8.10. The Labute approximate surface area is 154 Å². The molecule has 26 heavy (non-hydrogen) atoms. The van der Waals surface area contributed by atoms with Crippen molar-refractivity contribution in [3.8, 4) is 0 Å². The number of carbonyl (C=O) groups is 1. The van der Waals surface area contributed by atoms with Gasteiger partial charge in [0.05, 0.1) is 18.3 Å². The minimum atomic E-state index is -0.239. The number of carbonyl (C=O) groups excluding carboxylic acids is 1. The SMILES string of the molecule is CCCc1cc(C(=O)NC2=C(C)N(Cc3ccccc3C)N[C@H]2C)no1. The average Bonchev–Trinajstić information content (AvgIpc) is 3.18. The smallest absolute Gasteiger partial charge is 0.277 e. The molecule has 0 bridgehead atoms. The molecule has 1 amide bonds. The van der Waals surface area contributed by atoms with Gasteiger partial charge in [-0.25, -0.2) is 5.43 Å². The molecule has 138 valence electrons. The van der Waals surface area contributed by atoms with Crippen LogP contribution >= 0.6 is 0 Å². The van der Waals surface area contributed by atoms with E-state index in [1.165, 1.54) is 11.1 Å². The molecule has 2 N–H and O–H groups in total. The van der Waals surface area contributed by atoms with Crippen LogP contribution in [0.3, 0.4) is 0 Å². The van der Waals surface area contributed by atoms with E-state index in [9.17, 15) is 4.79 Å². The third kappa shape index (κ3) is 3.80. The number of nitrogens with zero attached hydrogens (tertiary/aromatic N) is 2. The first kappa shape index (κ1) is 18.2. The Hall–Kier alpha value is -2.60. The Morgan fingerprint density at radius 2 is 2.12 bits per heavy atom. The third-order valence-corrected chi connectivity index (χ3v) is 4.70. The van der Waals surface area contributed by atoms with Gasteiger partial charge >= 0.3 is 0 Å². The maximum Gasteiger partial charge on any atom is 0.277 e. The van der Waals surface area contributed by atoms with Gasteiger partial charge in [0.25, 0.3) is 5.91 Å². The van der Waals surface area contributed by atoms with E-state index in [1.54, 1.807) is 6.07 Å². The van der Waals surface area contributed by atoms with Crippen LogP contribution in [0.4, 0.5) is 0 Å². The lowest BCUT2D eigenvalue weighted by atomic mass is 10.1. The molecule has 0 spiro atoms. The standard InChI is InChI=1S/C20H26N4O2/c1-5-8-17-11-18(23-26-17)20(25)21-19-14(3)22-24(15(19)4)12-16-10-7-6-9-13(16)2/h6-7,9-11,14,22H,5,8,12H2,1-4H3,(H,21,25)/t14-/m0/s1. The molecule has 0 saturated carbocycles. The molecular weight excluding hydrogens is 328 g/mol. The number of amides is 1. The summed E-state index contributed by atoms with van der Waals surface area (Å²) in [6.45, 7) is 8.95. The first-order valence-electron chi connectivity index (χ1n) is 9.05. The second-order valence-corrected chi connectivity index (χ2v) is 6.75. The van der Waals surface area contributed by atoms with Crippen LogP contribution in [0, 0.1) is 6.92 Å². The second kappa shape index (κ2) is 7.74. The van der Waals surface area contributed by atoms with Gasteiger partial charge in [-0.1, -0.05) is 36.3 Å². The van der Waals surface area contributed by atoms with Crippen molar-refractivity contribution in [1.82, 2.24) is 20.9 Å². The van der Waals surface area contributed by atoms with Crippen LogP contribution in [0.1, 0.15) is 54.6 Å². The van der Waals surface area contributed by atoms with Gasteiger partial charge in [-0.2, -0.15) is 0 Å². The Bertz CT molecular complexity index is 825. The molecule has 6 heteroatoms. The highest BCUT2D eigenvalue weighted by Crippen LogP contribution is 2.22. The molecule has 6 nitrogen and oxygen atoms in total. The number of hydrogen-bond donors (Lipinski definition) is 2. The number of allylic oxidation sites excluding steroid dienone is 1. The first-order valence-corrected chi connectivity index (χ1v) is 9.05. The van der Waals surface area contributed by atoms with Crippen LogP contribution in [-0.2, 0) is 13.0 Å². The number of nitrogens with one attached hydrogen (secondary N) is 2. The van der Waals surface area contributed by atoms with Crippen molar-refractivity contribution < 1.29 is 9.32 Å². The average molecular weight is 354 g/mol. The topological polar surface area (TPSA) is 70.4 Å². The van der Waals surface area contributed by atoms with Crippen LogP contribution in [0.5, 0.6) is 0 Å². The Morgan fingerprint density at radius 1 is 1.35 bits per heavy atom. The van der Waals surface area contributed by atoms with E-state index in [4.69, 9.17) is 4.52 Å². The summed E-state index contributed by atoms with van der Waals surface area (Å²) in [6.07, 6.45) is 1.74. The van der Waals surface area contributed by atoms with Gasteiger partial charge in [0.1, 0.15) is 5.76 Å². The molecule has 1 aliphatic rings. The largest absolute Gasteiger partial charge is 0.361 e. The molecule has 0 fully saturated rings. The molecule has 0 aliphatic carbocycles. The summed E-state index contributed by atoms with van der Waals surface area (Å²) in [7, 11) is 0. The summed E-state index contributed by atoms with van der Waals surface area (Å²) in [6, 6.07) is 10.0. The van der Waals surface area contributed by atoms with Gasteiger partial charge in [0.2, 0.25) is 0 Å². The second-order valence-electron chi connectivity index (χ2n) is 6.75. The summed E-state index contributed by atoms with van der Waals surface area (Å²) < 4.78 is 5.20. The van der Waals surface area contributed by atoms with Gasteiger partial charge in [0, 0.05) is 18.2 Å². The summed E-state index contributed by atoms with van der Waals surface area (Å²) in [5.74, 6) is 0.499. The molecule has 3 rings (SSSR count). The highest BCUT2D eigenvalue weighted by Gasteiger charge is 2.28. The number of benzene rings is 1. The van der Waals surface area contributed by atoms with Gasteiger partial charge in [-0.15, -0.1) is 0 Å². The Balaban J connectivity index is 1.72. The van der Waals surface area contributed by atoms with Crippen molar-refractivity contribution in [3.05, 3.63) is 64.3 Å². The Morgan fingerprint density at radius 3 is 2.85 bits per heavy atom. The zero-order valence-corrected chi connectivity index (χ0v) is 15.8. The zero-order chi connectivity index (χ0) is 18.7. The van der Waals surface area contributed by atoms with E-state index in [2.05, 4.69) is 46.9 Å². The number of hydrogen-bond acceptors (Lipinski definition) is 5. The van der Waals surface area contributed by atoms with E-state index in [-0.39, 0.29) is 11.9 Å². The number of hydrazine groups is 1. The molecule has 0 saturated heterocycles. The summed E-state index contributed by atoms with van der Waals surface area (Å²) in [4.78, 5) is 12.5. The molecular formula is C20H26N4O2. The van der Waals surface area contributed by atoms with E-state index in [1.807, 2.05) is 26.0 Å². The molecule has 1 aliphatic heterocycles. The number of aryl methyl sites for hydroxylation is 2. The van der Waals surface area contributed by atoms with Gasteiger partial charge in [-0.3, -0.25) is 4.79 Å². The van der Waals surface area contributed by atoms with Crippen molar-refractivity contribution in [1.29, 1.82) is 0 Å². The fraction of sp³-hybridized carbons (Fsp3) is 0.400. The first-order chi connectivity index (χ1) is 12.5. The van der Waals surface area contributed by atoms with E-state index < -0.39 is 0 Å². The molecule has 2 heterocycles. The van der Waals surface area contributed by atoms with Gasteiger partial charge in [-0.05, 0) is 38.3 Å². The van der Waals surface area contributed by atoms with E-state index in [0.717, 1.165) is 36.5 Å². The lowest BCUT2D eigenvalue weighted by Gasteiger charge is -2.22. The Kier molecular flexibility index (Phi) is 5.42. The normalized spacial score (nSPS) is 17.1. The lowest BCUT2D eigenvalue weighted by molar-refractivity contribution is 0.0954. The van der Waals surface area contributed by atoms with Crippen LogP contribution in [0.15, 0.2) is 46.2 Å². The van der Waals surface area contributed by atoms with Crippen molar-refractivity contribution in [2.75, 3.05) is 0 Å². The molecule has 0 unspecified atom stereocenters. The van der Waals surface area contributed by atoms with Crippen molar-refractivity contribution in [2.24, 2.45) is 0 Å². The van der Waals surface area contributed by atoms with Crippen LogP contribution in [-0.4, -0.2) is 22.1 Å². The maximum absolute atomic E-state index is 12.5. The predicted octanol–water partition coefficient (Wildman–Crippen LogP) is 3.31. The molecule has 1 aromatic heterocycles. The van der Waals surface area contributed by atoms with Crippen LogP contribution < -0.4 is 10.7 Å². The van der Waals surface area contributed by atoms with Crippen molar-refractivity contribution >= 4 is 5.91 Å². The molecule has 1 aromatic carbocycles. The highest BCUT2D eigenvalue weighted by atomic mass is 16.5. The van der Waals surface area contributed by atoms with Crippen molar-refractivity contribution in [3.63, 3.8) is 0 Å². The van der Waals surface area contributed by atoms with E-state index >= 15 is 0 Å². The lowest BCUT2D eigenvalue weighted by Crippen LogP contribution is -2.37. The molecule has 2 aromatic rings. The van der Waals surface area contributed by atoms with Gasteiger partial charge < -0.3 is 14.8 Å². The maximum atomic E-state index is 12.5. The van der Waals surface area contributed by atoms with Gasteiger partial charge in [0.15, 0.2) is 5.69 Å². The molecule has 1 atom stereocenters. The van der Waals surface area contributed by atoms with Crippen LogP contribution in [0.2, 0.25) is 0 Å². The minimum absolute atomic E-state index is 0.0185. The fourth-order valence-corrected chi connectivity index (χ4v) is 3.15. The number of aromatic nitrogens is 1. The number of rotatable bonds is 6. The van der Waals surface area contributed by atoms with Crippen molar-refractivity contribution in [2.45, 2.75) is 53.1 Å². The predicted molar refractivity (Wildman–Crippen MR) is 100.0 cm³/mol. The quantitative estimate of drug-likeness (QED) is 0.833. The fourth-order valence-electron chi connectivity index (χ4n) is 3.15. The highest BCUT2D eigenvalue weighted by molar-refractivity contribution is 5.93. The summed E-state index contributed by atoms with van der Waals surface area (Å²) >= 11 is 0. The van der Waals surface area contributed by atoms with E-state index in [0.29, 0.717) is 5.69 Å². The minimum Gasteiger partial charge on any atom is -0.361 e. The third-order valence-electron chi connectivity index (χ3n) is 4.70. The zero-order valence-electron chi connectivity index (χ0n) is 15.8. The molecule has 0 radical (unpaired) electrons. The van der Waals surface area contributed by atoms with Crippen LogP contribution in [0.25, 0.3) is 0 Å².